The average Bonchev–Trinajstić information content (AvgIpc) is 2.62. The second-order valence-corrected chi connectivity index (χ2v) is 5.63. The predicted octanol–water partition coefficient (Wildman–Crippen LogP) is 3.91. The largest absolute Gasteiger partial charge is 0.494 e. The molecule has 128 valence electrons. The molecule has 0 saturated carbocycles. The smallest absolute Gasteiger partial charge is 0.315 e. The van der Waals surface area contributed by atoms with Gasteiger partial charge in [-0.05, 0) is 49.4 Å². The van der Waals surface area contributed by atoms with Crippen LogP contribution in [0.4, 0.5) is 4.79 Å². The van der Waals surface area contributed by atoms with E-state index in [-0.39, 0.29) is 6.03 Å². The van der Waals surface area contributed by atoms with Crippen LogP contribution in [0, 0.1) is 0 Å². The van der Waals surface area contributed by atoms with E-state index in [1.807, 2.05) is 37.3 Å². The van der Waals surface area contributed by atoms with Crippen molar-refractivity contribution in [2.75, 3.05) is 13.2 Å². The third kappa shape index (κ3) is 6.73. The Hall–Kier alpha value is -2.49. The van der Waals surface area contributed by atoms with Gasteiger partial charge in [-0.1, -0.05) is 42.5 Å². The number of benzene rings is 2. The van der Waals surface area contributed by atoms with E-state index in [4.69, 9.17) is 4.74 Å². The van der Waals surface area contributed by atoms with Crippen molar-refractivity contribution in [3.8, 4) is 5.75 Å². The maximum absolute atomic E-state index is 11.8. The maximum Gasteiger partial charge on any atom is 0.315 e. The minimum atomic E-state index is -0.122. The van der Waals surface area contributed by atoms with Gasteiger partial charge in [0.2, 0.25) is 0 Å². The molecule has 2 amide bonds. The monoisotopic (exact) mass is 326 g/mol. The van der Waals surface area contributed by atoms with Crippen LogP contribution in [0.1, 0.15) is 30.9 Å². The van der Waals surface area contributed by atoms with Gasteiger partial charge in [0.25, 0.3) is 0 Å². The van der Waals surface area contributed by atoms with E-state index in [0.29, 0.717) is 19.7 Å². The first-order chi connectivity index (χ1) is 11.8. The highest BCUT2D eigenvalue weighted by Gasteiger charge is 2.01. The van der Waals surface area contributed by atoms with Crippen LogP contribution in [0.25, 0.3) is 0 Å². The van der Waals surface area contributed by atoms with Crippen LogP contribution >= 0.6 is 0 Å². The molecule has 0 aliphatic heterocycles. The Kier molecular flexibility index (Phi) is 7.68. The molecule has 0 heterocycles. The van der Waals surface area contributed by atoms with Crippen LogP contribution in [0.5, 0.6) is 5.75 Å². The summed E-state index contributed by atoms with van der Waals surface area (Å²) in [6.45, 7) is 3.83. The van der Waals surface area contributed by atoms with Crippen molar-refractivity contribution in [1.29, 1.82) is 0 Å². The number of ether oxygens (including phenoxy) is 1. The first-order valence-corrected chi connectivity index (χ1v) is 8.55. The highest BCUT2D eigenvalue weighted by molar-refractivity contribution is 5.73. The zero-order chi connectivity index (χ0) is 17.0. The lowest BCUT2D eigenvalue weighted by atomic mass is 10.1. The highest BCUT2D eigenvalue weighted by Crippen LogP contribution is 2.11. The number of unbranched alkanes of at least 4 members (excludes halogenated alkanes) is 1. The van der Waals surface area contributed by atoms with Crippen LogP contribution in [0.15, 0.2) is 54.6 Å². The maximum atomic E-state index is 11.8. The average molecular weight is 326 g/mol. The Morgan fingerprint density at radius 3 is 2.38 bits per heavy atom. The Morgan fingerprint density at radius 1 is 0.917 bits per heavy atom. The Balaban J connectivity index is 1.56. The molecule has 0 aliphatic carbocycles. The van der Waals surface area contributed by atoms with E-state index in [0.717, 1.165) is 30.6 Å². The predicted molar refractivity (Wildman–Crippen MR) is 97.2 cm³/mol. The van der Waals surface area contributed by atoms with E-state index in [1.165, 1.54) is 5.56 Å². The lowest BCUT2D eigenvalue weighted by Crippen LogP contribution is -2.35. The molecule has 2 N–H and O–H groups in total. The van der Waals surface area contributed by atoms with Crippen LogP contribution in [-0.4, -0.2) is 19.2 Å². The van der Waals surface area contributed by atoms with Crippen molar-refractivity contribution in [3.63, 3.8) is 0 Å². The van der Waals surface area contributed by atoms with Crippen LogP contribution in [0.3, 0.4) is 0 Å². The molecule has 24 heavy (non-hydrogen) atoms. The molecule has 0 bridgehead atoms. The van der Waals surface area contributed by atoms with E-state index < -0.39 is 0 Å². The fraction of sp³-hybridized carbons (Fsp3) is 0.350. The minimum Gasteiger partial charge on any atom is -0.494 e. The zero-order valence-electron chi connectivity index (χ0n) is 14.3. The van der Waals surface area contributed by atoms with Crippen molar-refractivity contribution in [2.45, 2.75) is 32.7 Å². The zero-order valence-corrected chi connectivity index (χ0v) is 14.3. The van der Waals surface area contributed by atoms with Crippen molar-refractivity contribution in [3.05, 3.63) is 65.7 Å². The summed E-state index contributed by atoms with van der Waals surface area (Å²) in [6.07, 6.45) is 3.10. The summed E-state index contributed by atoms with van der Waals surface area (Å²) in [5.41, 5.74) is 2.40. The van der Waals surface area contributed by atoms with Crippen molar-refractivity contribution < 1.29 is 9.53 Å². The summed E-state index contributed by atoms with van der Waals surface area (Å²) in [5.74, 6) is 0.851. The third-order valence-corrected chi connectivity index (χ3v) is 3.71. The van der Waals surface area contributed by atoms with Gasteiger partial charge in [-0.3, -0.25) is 0 Å². The number of hydrogen-bond acceptors (Lipinski definition) is 2. The molecule has 0 unspecified atom stereocenters. The van der Waals surface area contributed by atoms with Gasteiger partial charge in [0.05, 0.1) is 6.61 Å². The first-order valence-electron chi connectivity index (χ1n) is 8.55. The van der Waals surface area contributed by atoms with E-state index in [2.05, 4.69) is 34.9 Å². The lowest BCUT2D eigenvalue weighted by Gasteiger charge is -2.08. The summed E-state index contributed by atoms with van der Waals surface area (Å²) in [5, 5.41) is 5.76. The number of carbonyl (C=O) groups is 1. The van der Waals surface area contributed by atoms with Gasteiger partial charge in [-0.25, -0.2) is 4.79 Å². The van der Waals surface area contributed by atoms with Crippen molar-refractivity contribution >= 4 is 6.03 Å². The highest BCUT2D eigenvalue weighted by atomic mass is 16.5. The first kappa shape index (κ1) is 17.9. The summed E-state index contributed by atoms with van der Waals surface area (Å²) < 4.78 is 5.39. The molecular formula is C20H26N2O2. The van der Waals surface area contributed by atoms with E-state index in [9.17, 15) is 4.79 Å². The van der Waals surface area contributed by atoms with Crippen molar-refractivity contribution in [2.24, 2.45) is 0 Å². The van der Waals surface area contributed by atoms with Gasteiger partial charge in [0.15, 0.2) is 0 Å². The minimum absolute atomic E-state index is 0.122. The number of amides is 2. The molecule has 4 nitrogen and oxygen atoms in total. The number of urea groups is 1. The third-order valence-electron chi connectivity index (χ3n) is 3.71. The van der Waals surface area contributed by atoms with Gasteiger partial charge in [0.1, 0.15) is 5.75 Å². The van der Waals surface area contributed by atoms with Crippen molar-refractivity contribution in [1.82, 2.24) is 10.6 Å². The Labute approximate surface area is 144 Å². The van der Waals surface area contributed by atoms with E-state index >= 15 is 0 Å². The molecule has 0 atom stereocenters. The van der Waals surface area contributed by atoms with Gasteiger partial charge in [0, 0.05) is 13.1 Å². The molecule has 0 fully saturated rings. The summed E-state index contributed by atoms with van der Waals surface area (Å²) >= 11 is 0. The quantitative estimate of drug-likeness (QED) is 0.687. The Morgan fingerprint density at radius 2 is 1.67 bits per heavy atom. The number of carbonyl (C=O) groups excluding carboxylic acids is 1. The number of hydrogen-bond donors (Lipinski definition) is 2. The van der Waals surface area contributed by atoms with Gasteiger partial charge < -0.3 is 15.4 Å². The second kappa shape index (κ2) is 10.3. The van der Waals surface area contributed by atoms with Crippen LogP contribution in [0.2, 0.25) is 0 Å². The molecule has 4 heteroatoms. The molecule has 0 aliphatic rings. The topological polar surface area (TPSA) is 50.4 Å². The normalized spacial score (nSPS) is 10.2. The van der Waals surface area contributed by atoms with Gasteiger partial charge in [-0.2, -0.15) is 0 Å². The molecule has 2 rings (SSSR count). The molecule has 2 aromatic rings. The molecular weight excluding hydrogens is 300 g/mol. The van der Waals surface area contributed by atoms with E-state index in [1.54, 1.807) is 0 Å². The fourth-order valence-electron chi connectivity index (χ4n) is 2.42. The molecule has 2 aromatic carbocycles. The molecule has 0 aromatic heterocycles. The molecule has 0 radical (unpaired) electrons. The van der Waals surface area contributed by atoms with Crippen LogP contribution < -0.4 is 15.4 Å². The van der Waals surface area contributed by atoms with Crippen LogP contribution in [-0.2, 0) is 13.0 Å². The second-order valence-electron chi connectivity index (χ2n) is 5.63. The lowest BCUT2D eigenvalue weighted by molar-refractivity contribution is 0.240. The number of rotatable bonds is 9. The fourth-order valence-corrected chi connectivity index (χ4v) is 2.42. The summed E-state index contributed by atoms with van der Waals surface area (Å²) in [7, 11) is 0. The molecule has 0 saturated heterocycles. The van der Waals surface area contributed by atoms with Gasteiger partial charge in [-0.15, -0.1) is 0 Å². The summed E-state index contributed by atoms with van der Waals surface area (Å²) in [6, 6.07) is 18.1. The summed E-state index contributed by atoms with van der Waals surface area (Å²) in [4.78, 5) is 11.8. The Bertz CT molecular complexity index is 597. The molecule has 0 spiro atoms. The standard InChI is InChI=1S/C20H26N2O2/c1-2-24-19-13-11-18(12-14-19)16-22-20(23)21-15-7-6-10-17-8-4-3-5-9-17/h3-5,8-9,11-14H,2,6-7,10,15-16H2,1H3,(H2,21,22,23). The van der Waals surface area contributed by atoms with Gasteiger partial charge >= 0.3 is 6.03 Å². The number of aryl methyl sites for hydroxylation is 1. The number of nitrogens with one attached hydrogen (secondary N) is 2. The SMILES string of the molecule is CCOc1ccc(CNC(=O)NCCCCc2ccccc2)cc1.